The second kappa shape index (κ2) is 8.55. The van der Waals surface area contributed by atoms with Crippen LogP contribution in [0, 0.1) is 19.7 Å². The van der Waals surface area contributed by atoms with E-state index < -0.39 is 21.7 Å². The van der Waals surface area contributed by atoms with Crippen LogP contribution < -0.4 is 10.0 Å². The highest BCUT2D eigenvalue weighted by Gasteiger charge is 2.19. The van der Waals surface area contributed by atoms with E-state index in [1.807, 2.05) is 30.3 Å². The third-order valence-electron chi connectivity index (χ3n) is 4.42. The molecule has 0 aliphatic heterocycles. The van der Waals surface area contributed by atoms with Crippen molar-refractivity contribution in [2.45, 2.75) is 25.3 Å². The van der Waals surface area contributed by atoms with E-state index in [-0.39, 0.29) is 22.7 Å². The van der Waals surface area contributed by atoms with Crippen molar-refractivity contribution < 1.29 is 17.6 Å². The molecule has 0 saturated carbocycles. The standard InChI is InChI=1S/C22H21FN2O3S/c1-15-8-11-20(19(23)12-15)25-22(26)18-10-9-16(2)21(13-18)29(27,28)24-14-17-6-4-3-5-7-17/h3-13,24H,14H2,1-2H3,(H,25,26). The maximum atomic E-state index is 14.0. The van der Waals surface area contributed by atoms with Gasteiger partial charge >= 0.3 is 0 Å². The second-order valence-electron chi connectivity index (χ2n) is 6.73. The van der Waals surface area contributed by atoms with Crippen LogP contribution in [0.1, 0.15) is 27.0 Å². The largest absolute Gasteiger partial charge is 0.319 e. The van der Waals surface area contributed by atoms with Crippen LogP contribution in [0.5, 0.6) is 0 Å². The highest BCUT2D eigenvalue weighted by atomic mass is 32.2. The van der Waals surface area contributed by atoms with Gasteiger partial charge in [0, 0.05) is 12.1 Å². The van der Waals surface area contributed by atoms with Crippen molar-refractivity contribution in [3.05, 3.63) is 94.8 Å². The first-order chi connectivity index (χ1) is 13.8. The normalized spacial score (nSPS) is 11.3. The van der Waals surface area contributed by atoms with Gasteiger partial charge < -0.3 is 5.32 Å². The summed E-state index contributed by atoms with van der Waals surface area (Å²) in [7, 11) is -3.84. The number of amides is 1. The minimum Gasteiger partial charge on any atom is -0.319 e. The number of carbonyl (C=O) groups excluding carboxylic acids is 1. The molecule has 7 heteroatoms. The van der Waals surface area contributed by atoms with E-state index in [1.54, 1.807) is 26.0 Å². The number of anilines is 1. The van der Waals surface area contributed by atoms with Crippen LogP contribution in [0.15, 0.2) is 71.6 Å². The highest BCUT2D eigenvalue weighted by Crippen LogP contribution is 2.20. The molecule has 0 saturated heterocycles. The van der Waals surface area contributed by atoms with E-state index in [1.165, 1.54) is 24.3 Å². The van der Waals surface area contributed by atoms with Crippen LogP contribution in [0.2, 0.25) is 0 Å². The maximum absolute atomic E-state index is 14.0. The van der Waals surface area contributed by atoms with Crippen LogP contribution in [0.25, 0.3) is 0 Å². The van der Waals surface area contributed by atoms with Crippen molar-refractivity contribution in [2.75, 3.05) is 5.32 Å². The Morgan fingerprint density at radius 2 is 1.69 bits per heavy atom. The van der Waals surface area contributed by atoms with Gasteiger partial charge in [0.15, 0.2) is 0 Å². The van der Waals surface area contributed by atoms with Gasteiger partial charge in [0.05, 0.1) is 10.6 Å². The predicted octanol–water partition coefficient (Wildman–Crippen LogP) is 4.17. The summed E-state index contributed by atoms with van der Waals surface area (Å²) in [5.41, 5.74) is 2.21. The Morgan fingerprint density at radius 3 is 2.38 bits per heavy atom. The molecule has 0 fully saturated rings. The Kier molecular flexibility index (Phi) is 6.10. The van der Waals surface area contributed by atoms with Gasteiger partial charge in [-0.2, -0.15) is 0 Å². The van der Waals surface area contributed by atoms with Crippen molar-refractivity contribution in [1.82, 2.24) is 4.72 Å². The fourth-order valence-electron chi connectivity index (χ4n) is 2.80. The molecule has 3 aromatic carbocycles. The highest BCUT2D eigenvalue weighted by molar-refractivity contribution is 7.89. The molecule has 2 N–H and O–H groups in total. The van der Waals surface area contributed by atoms with Gasteiger partial charge in [-0.3, -0.25) is 4.79 Å². The van der Waals surface area contributed by atoms with E-state index in [9.17, 15) is 17.6 Å². The molecule has 29 heavy (non-hydrogen) atoms. The predicted molar refractivity (Wildman–Crippen MR) is 111 cm³/mol. The Labute approximate surface area is 169 Å². The molecular weight excluding hydrogens is 391 g/mol. The van der Waals surface area contributed by atoms with Gasteiger partial charge in [-0.05, 0) is 54.8 Å². The lowest BCUT2D eigenvalue weighted by molar-refractivity contribution is 0.102. The van der Waals surface area contributed by atoms with Crippen LogP contribution >= 0.6 is 0 Å². The molecule has 150 valence electrons. The zero-order valence-electron chi connectivity index (χ0n) is 16.1. The van der Waals surface area contributed by atoms with Crippen molar-refractivity contribution >= 4 is 21.6 Å². The minimum atomic E-state index is -3.84. The fourth-order valence-corrected chi connectivity index (χ4v) is 4.09. The average Bonchev–Trinajstić information content (AvgIpc) is 2.69. The molecule has 1 amide bonds. The Balaban J connectivity index is 1.82. The Bertz CT molecular complexity index is 1150. The van der Waals surface area contributed by atoms with Crippen molar-refractivity contribution in [1.29, 1.82) is 0 Å². The number of sulfonamides is 1. The number of halogens is 1. The van der Waals surface area contributed by atoms with Crippen LogP contribution in [0.4, 0.5) is 10.1 Å². The summed E-state index contributed by atoms with van der Waals surface area (Å²) in [5, 5.41) is 2.48. The van der Waals surface area contributed by atoms with Crippen molar-refractivity contribution in [3.8, 4) is 0 Å². The smallest absolute Gasteiger partial charge is 0.255 e. The maximum Gasteiger partial charge on any atom is 0.255 e. The third-order valence-corrected chi connectivity index (χ3v) is 5.97. The summed E-state index contributed by atoms with van der Waals surface area (Å²) in [5.74, 6) is -1.14. The Morgan fingerprint density at radius 1 is 0.966 bits per heavy atom. The summed E-state index contributed by atoms with van der Waals surface area (Å²) in [6.45, 7) is 3.53. The second-order valence-corrected chi connectivity index (χ2v) is 8.46. The molecule has 0 spiro atoms. The molecule has 0 heterocycles. The number of aryl methyl sites for hydroxylation is 2. The number of hydrogen-bond acceptors (Lipinski definition) is 3. The first-order valence-corrected chi connectivity index (χ1v) is 10.5. The molecular formula is C22H21FN2O3S. The summed E-state index contributed by atoms with van der Waals surface area (Å²) in [4.78, 5) is 12.5. The number of rotatable bonds is 6. The molecule has 0 radical (unpaired) electrons. The van der Waals surface area contributed by atoms with E-state index in [2.05, 4.69) is 10.0 Å². The zero-order valence-corrected chi connectivity index (χ0v) is 16.9. The van der Waals surface area contributed by atoms with Gasteiger partial charge in [0.1, 0.15) is 5.82 Å². The van der Waals surface area contributed by atoms with E-state index in [0.717, 1.165) is 11.1 Å². The van der Waals surface area contributed by atoms with Crippen LogP contribution in [-0.2, 0) is 16.6 Å². The van der Waals surface area contributed by atoms with Crippen LogP contribution in [0.3, 0.4) is 0 Å². The average molecular weight is 412 g/mol. The number of hydrogen-bond donors (Lipinski definition) is 2. The first-order valence-electron chi connectivity index (χ1n) is 8.98. The quantitative estimate of drug-likeness (QED) is 0.638. The third kappa shape index (κ3) is 5.07. The monoisotopic (exact) mass is 412 g/mol. The lowest BCUT2D eigenvalue weighted by Gasteiger charge is -2.12. The molecule has 5 nitrogen and oxygen atoms in total. The first kappa shape index (κ1) is 20.7. The SMILES string of the molecule is Cc1ccc(NC(=O)c2ccc(C)c(S(=O)(=O)NCc3ccccc3)c2)c(F)c1. The molecule has 0 aliphatic carbocycles. The molecule has 3 aromatic rings. The molecule has 3 rings (SSSR count). The van der Waals surface area contributed by atoms with Gasteiger partial charge in [0.2, 0.25) is 10.0 Å². The molecule has 0 unspecified atom stereocenters. The van der Waals surface area contributed by atoms with Gasteiger partial charge in [0.25, 0.3) is 5.91 Å². The van der Waals surface area contributed by atoms with E-state index in [4.69, 9.17) is 0 Å². The van der Waals surface area contributed by atoms with Crippen molar-refractivity contribution in [2.24, 2.45) is 0 Å². The molecule has 0 aromatic heterocycles. The lowest BCUT2D eigenvalue weighted by Crippen LogP contribution is -2.24. The number of nitrogens with one attached hydrogen (secondary N) is 2. The summed E-state index contributed by atoms with van der Waals surface area (Å²) in [6, 6.07) is 17.9. The fraction of sp³-hybridized carbons (Fsp3) is 0.136. The van der Waals surface area contributed by atoms with Crippen LogP contribution in [-0.4, -0.2) is 14.3 Å². The summed E-state index contributed by atoms with van der Waals surface area (Å²) in [6.07, 6.45) is 0. The van der Waals surface area contributed by atoms with E-state index >= 15 is 0 Å². The zero-order chi connectivity index (χ0) is 21.0. The summed E-state index contributed by atoms with van der Waals surface area (Å²) >= 11 is 0. The summed E-state index contributed by atoms with van der Waals surface area (Å²) < 4.78 is 42.0. The lowest BCUT2D eigenvalue weighted by atomic mass is 10.1. The molecule has 0 aliphatic rings. The molecule has 0 atom stereocenters. The van der Waals surface area contributed by atoms with E-state index in [0.29, 0.717) is 5.56 Å². The van der Waals surface area contributed by atoms with Gasteiger partial charge in [-0.25, -0.2) is 17.5 Å². The van der Waals surface area contributed by atoms with Gasteiger partial charge in [-0.15, -0.1) is 0 Å². The Hall–Kier alpha value is -3.03. The van der Waals surface area contributed by atoms with Gasteiger partial charge in [-0.1, -0.05) is 42.5 Å². The topological polar surface area (TPSA) is 75.3 Å². The number of carbonyl (C=O) groups is 1. The minimum absolute atomic E-state index is 0.00505. The number of benzene rings is 3. The molecule has 0 bridgehead atoms. The van der Waals surface area contributed by atoms with Crippen molar-refractivity contribution in [3.63, 3.8) is 0 Å².